The summed E-state index contributed by atoms with van der Waals surface area (Å²) in [5.41, 5.74) is 0.144. The molecule has 9 nitrogen and oxygen atoms in total. The highest BCUT2D eigenvalue weighted by Gasteiger charge is 2.33. The van der Waals surface area contributed by atoms with Gasteiger partial charge in [0, 0.05) is 45.3 Å². The van der Waals surface area contributed by atoms with Gasteiger partial charge in [0.2, 0.25) is 10.0 Å². The van der Waals surface area contributed by atoms with Crippen LogP contribution >= 0.6 is 0 Å². The molecule has 0 unspecified atom stereocenters. The van der Waals surface area contributed by atoms with Crippen molar-refractivity contribution in [2.75, 3.05) is 39.3 Å². The van der Waals surface area contributed by atoms with Gasteiger partial charge in [0.15, 0.2) is 0 Å². The molecule has 1 aromatic carbocycles. The predicted molar refractivity (Wildman–Crippen MR) is 115 cm³/mol. The second kappa shape index (κ2) is 9.78. The van der Waals surface area contributed by atoms with Crippen LogP contribution in [0.15, 0.2) is 29.2 Å². The average Bonchev–Trinajstić information content (AvgIpc) is 2.78. The number of nitrogens with zero attached hydrogens (tertiary/aromatic N) is 3. The predicted octanol–water partition coefficient (Wildman–Crippen LogP) is 0.670. The summed E-state index contributed by atoms with van der Waals surface area (Å²) < 4.78 is 27.8. The lowest BCUT2D eigenvalue weighted by atomic mass is 10.1. The Balaban J connectivity index is 1.71. The summed E-state index contributed by atoms with van der Waals surface area (Å²) in [5, 5.41) is 2.57. The van der Waals surface area contributed by atoms with Gasteiger partial charge >= 0.3 is 11.8 Å². The molecule has 0 atom stereocenters. The van der Waals surface area contributed by atoms with E-state index in [0.717, 1.165) is 19.3 Å². The first-order valence-corrected chi connectivity index (χ1v) is 12.1. The van der Waals surface area contributed by atoms with Crippen LogP contribution in [0.4, 0.5) is 0 Å². The third-order valence-electron chi connectivity index (χ3n) is 5.52. The molecule has 10 heteroatoms. The van der Waals surface area contributed by atoms with Crippen molar-refractivity contribution in [3.8, 4) is 0 Å². The van der Waals surface area contributed by atoms with Crippen LogP contribution in [0.2, 0.25) is 0 Å². The van der Waals surface area contributed by atoms with Gasteiger partial charge in [0.1, 0.15) is 0 Å². The molecule has 2 aliphatic heterocycles. The van der Waals surface area contributed by atoms with Crippen molar-refractivity contribution in [1.29, 1.82) is 0 Å². The normalized spacial score (nSPS) is 18.2. The molecular formula is C21H30N4O5S. The maximum absolute atomic E-state index is 13.2. The molecule has 2 aliphatic rings. The molecule has 2 saturated heterocycles. The molecule has 2 fully saturated rings. The summed E-state index contributed by atoms with van der Waals surface area (Å²) in [6.07, 6.45) is 2.64. The maximum atomic E-state index is 13.2. The quantitative estimate of drug-likeness (QED) is 0.679. The lowest BCUT2D eigenvalue weighted by Gasteiger charge is -2.35. The topological polar surface area (TPSA) is 107 Å². The summed E-state index contributed by atoms with van der Waals surface area (Å²) in [5.74, 6) is -1.66. The molecule has 170 valence electrons. The van der Waals surface area contributed by atoms with Gasteiger partial charge in [0.25, 0.3) is 5.91 Å². The van der Waals surface area contributed by atoms with Crippen LogP contribution in [0.1, 0.15) is 43.5 Å². The Bertz CT molecular complexity index is 933. The molecule has 0 aliphatic carbocycles. The number of nitrogens with one attached hydrogen (secondary N) is 1. The van der Waals surface area contributed by atoms with Crippen LogP contribution in [-0.2, 0) is 19.6 Å². The fourth-order valence-corrected chi connectivity index (χ4v) is 5.56. The van der Waals surface area contributed by atoms with E-state index in [4.69, 9.17) is 0 Å². The summed E-state index contributed by atoms with van der Waals surface area (Å²) in [6.45, 7) is 5.38. The van der Waals surface area contributed by atoms with Crippen molar-refractivity contribution < 1.29 is 22.8 Å². The van der Waals surface area contributed by atoms with E-state index in [2.05, 4.69) is 5.32 Å². The van der Waals surface area contributed by atoms with Crippen LogP contribution in [-0.4, -0.2) is 85.6 Å². The lowest BCUT2D eigenvalue weighted by Crippen LogP contribution is -2.54. The van der Waals surface area contributed by atoms with Gasteiger partial charge in [-0.05, 0) is 38.8 Å². The van der Waals surface area contributed by atoms with Crippen LogP contribution in [0.5, 0.6) is 0 Å². The second-order valence-corrected chi connectivity index (χ2v) is 10.1. The number of rotatable bonds is 4. The van der Waals surface area contributed by atoms with Crippen LogP contribution < -0.4 is 5.32 Å². The smallest absolute Gasteiger partial charge is 0.312 e. The van der Waals surface area contributed by atoms with Crippen molar-refractivity contribution in [1.82, 2.24) is 19.4 Å². The highest BCUT2D eigenvalue weighted by Crippen LogP contribution is 2.25. The fourth-order valence-electron chi connectivity index (χ4n) is 3.86. The summed E-state index contributed by atoms with van der Waals surface area (Å²) >= 11 is 0. The van der Waals surface area contributed by atoms with E-state index in [1.54, 1.807) is 26.0 Å². The zero-order valence-electron chi connectivity index (χ0n) is 18.0. The third-order valence-corrected chi connectivity index (χ3v) is 7.48. The van der Waals surface area contributed by atoms with Gasteiger partial charge in [-0.3, -0.25) is 14.4 Å². The van der Waals surface area contributed by atoms with Gasteiger partial charge in [-0.25, -0.2) is 8.42 Å². The van der Waals surface area contributed by atoms with Crippen molar-refractivity contribution in [3.63, 3.8) is 0 Å². The van der Waals surface area contributed by atoms with E-state index >= 15 is 0 Å². The van der Waals surface area contributed by atoms with Crippen molar-refractivity contribution >= 4 is 27.7 Å². The largest absolute Gasteiger partial charge is 0.346 e. The van der Waals surface area contributed by atoms with E-state index in [-0.39, 0.29) is 48.6 Å². The number of hydrogen-bond donors (Lipinski definition) is 1. The van der Waals surface area contributed by atoms with E-state index in [0.29, 0.717) is 13.1 Å². The Morgan fingerprint density at radius 3 is 2.06 bits per heavy atom. The highest BCUT2D eigenvalue weighted by molar-refractivity contribution is 7.89. The number of piperazine rings is 1. The van der Waals surface area contributed by atoms with E-state index < -0.39 is 21.8 Å². The van der Waals surface area contributed by atoms with Crippen LogP contribution in [0.25, 0.3) is 0 Å². The zero-order valence-corrected chi connectivity index (χ0v) is 18.9. The summed E-state index contributed by atoms with van der Waals surface area (Å²) in [6, 6.07) is 6.15. The number of benzene rings is 1. The Morgan fingerprint density at radius 2 is 1.45 bits per heavy atom. The van der Waals surface area contributed by atoms with Gasteiger partial charge < -0.3 is 15.1 Å². The molecule has 0 saturated carbocycles. The summed E-state index contributed by atoms with van der Waals surface area (Å²) in [4.78, 5) is 40.3. The number of sulfonamides is 1. The van der Waals surface area contributed by atoms with Crippen molar-refractivity contribution in [3.05, 3.63) is 29.8 Å². The highest BCUT2D eigenvalue weighted by atomic mass is 32.2. The Labute approximate surface area is 183 Å². The van der Waals surface area contributed by atoms with Gasteiger partial charge in [-0.1, -0.05) is 18.6 Å². The maximum Gasteiger partial charge on any atom is 0.312 e. The molecule has 0 aromatic heterocycles. The third kappa shape index (κ3) is 5.24. The summed E-state index contributed by atoms with van der Waals surface area (Å²) in [7, 11) is -3.76. The molecule has 2 heterocycles. The van der Waals surface area contributed by atoms with E-state index in [9.17, 15) is 22.8 Å². The Kier molecular flexibility index (Phi) is 7.32. The van der Waals surface area contributed by atoms with Crippen molar-refractivity contribution in [2.24, 2.45) is 0 Å². The van der Waals surface area contributed by atoms with Crippen molar-refractivity contribution in [2.45, 2.75) is 44.0 Å². The minimum absolute atomic E-state index is 0.0247. The molecule has 3 rings (SSSR count). The zero-order chi connectivity index (χ0) is 22.6. The van der Waals surface area contributed by atoms with E-state index in [1.807, 2.05) is 0 Å². The molecule has 0 bridgehead atoms. The number of piperidine rings is 1. The van der Waals surface area contributed by atoms with Crippen LogP contribution in [0, 0.1) is 0 Å². The lowest BCUT2D eigenvalue weighted by molar-refractivity contribution is -0.147. The molecule has 3 amide bonds. The standard InChI is InChI=1S/C21H30N4O5S/c1-16(2)22-19(26)21(28)24-14-12-23(13-15-24)20(27)17-8-4-5-9-18(17)31(29,30)25-10-6-3-7-11-25/h4-5,8-9,16H,3,6-7,10-15H2,1-2H3,(H,22,26). The first-order chi connectivity index (χ1) is 14.7. The molecule has 0 radical (unpaired) electrons. The SMILES string of the molecule is CC(C)NC(=O)C(=O)N1CCN(C(=O)c2ccccc2S(=O)(=O)N2CCCCC2)CC1. The molecular weight excluding hydrogens is 420 g/mol. The molecule has 31 heavy (non-hydrogen) atoms. The number of carbonyl (C=O) groups excluding carboxylic acids is 3. The molecule has 1 aromatic rings. The second-order valence-electron chi connectivity index (χ2n) is 8.17. The monoisotopic (exact) mass is 450 g/mol. The van der Waals surface area contributed by atoms with Crippen LogP contribution in [0.3, 0.4) is 0 Å². The van der Waals surface area contributed by atoms with Gasteiger partial charge in [0.05, 0.1) is 10.5 Å². The number of hydrogen-bond acceptors (Lipinski definition) is 5. The minimum Gasteiger partial charge on any atom is -0.346 e. The molecule has 0 spiro atoms. The number of amides is 3. The number of carbonyl (C=O) groups is 3. The van der Waals surface area contributed by atoms with Gasteiger partial charge in [-0.15, -0.1) is 0 Å². The molecule has 1 N–H and O–H groups in total. The van der Waals surface area contributed by atoms with Gasteiger partial charge in [-0.2, -0.15) is 4.31 Å². The van der Waals surface area contributed by atoms with E-state index in [1.165, 1.54) is 26.2 Å². The first-order valence-electron chi connectivity index (χ1n) is 10.7. The Hall–Kier alpha value is -2.46. The Morgan fingerprint density at radius 1 is 0.871 bits per heavy atom. The average molecular weight is 451 g/mol. The minimum atomic E-state index is -3.76. The first kappa shape index (κ1) is 23.2. The fraction of sp³-hybridized carbons (Fsp3) is 0.571.